The van der Waals surface area contributed by atoms with Crippen molar-refractivity contribution in [1.29, 1.82) is 0 Å². The lowest BCUT2D eigenvalue weighted by molar-refractivity contribution is 0.589. The van der Waals surface area contributed by atoms with E-state index in [9.17, 15) is 0 Å². The van der Waals surface area contributed by atoms with Crippen LogP contribution >= 0.6 is 0 Å². The molecule has 1 fully saturated rings. The molecule has 76 valence electrons. The number of benzene rings is 1. The predicted octanol–water partition coefficient (Wildman–Crippen LogP) is 3.06. The fourth-order valence-electron chi connectivity index (χ4n) is 1.65. The van der Waals surface area contributed by atoms with Gasteiger partial charge in [0, 0.05) is 12.6 Å². The van der Waals surface area contributed by atoms with Gasteiger partial charge in [-0.1, -0.05) is 38.1 Å². The summed E-state index contributed by atoms with van der Waals surface area (Å²) in [5.74, 6) is 0.877. The van der Waals surface area contributed by atoms with Gasteiger partial charge < -0.3 is 5.32 Å². The van der Waals surface area contributed by atoms with Crippen molar-refractivity contribution >= 4 is 0 Å². The van der Waals surface area contributed by atoms with Crippen molar-refractivity contribution in [1.82, 2.24) is 5.32 Å². The van der Waals surface area contributed by atoms with Crippen molar-refractivity contribution in [3.8, 4) is 0 Å². The lowest BCUT2D eigenvalue weighted by Crippen LogP contribution is -2.21. The van der Waals surface area contributed by atoms with E-state index in [0.29, 0.717) is 6.04 Å². The Morgan fingerprint density at radius 1 is 1.21 bits per heavy atom. The molecule has 1 aromatic carbocycles. The van der Waals surface area contributed by atoms with Gasteiger partial charge >= 0.3 is 0 Å². The van der Waals surface area contributed by atoms with Crippen LogP contribution in [-0.4, -0.2) is 6.04 Å². The van der Waals surface area contributed by atoms with Gasteiger partial charge in [0.2, 0.25) is 0 Å². The second-order valence-electron chi connectivity index (χ2n) is 4.55. The Morgan fingerprint density at radius 2 is 1.86 bits per heavy atom. The first-order valence-corrected chi connectivity index (χ1v) is 5.58. The summed E-state index contributed by atoms with van der Waals surface area (Å²) in [6.07, 6.45) is 2.78. The summed E-state index contributed by atoms with van der Waals surface area (Å²) in [6.45, 7) is 5.35. The monoisotopic (exact) mass is 189 g/mol. The first-order chi connectivity index (χ1) is 6.75. The van der Waals surface area contributed by atoms with Gasteiger partial charge in [0.15, 0.2) is 0 Å². The molecular weight excluding hydrogens is 170 g/mol. The zero-order valence-corrected chi connectivity index (χ0v) is 9.09. The molecule has 0 bridgehead atoms. The predicted molar refractivity (Wildman–Crippen MR) is 60.4 cm³/mol. The van der Waals surface area contributed by atoms with E-state index in [2.05, 4.69) is 43.4 Å². The van der Waals surface area contributed by atoms with Crippen LogP contribution in [0.15, 0.2) is 24.3 Å². The molecule has 2 rings (SSSR count). The molecule has 0 aromatic heterocycles. The summed E-state index contributed by atoms with van der Waals surface area (Å²) >= 11 is 0. The van der Waals surface area contributed by atoms with Crippen molar-refractivity contribution in [3.05, 3.63) is 35.4 Å². The highest BCUT2D eigenvalue weighted by molar-refractivity contribution is 5.27. The first kappa shape index (κ1) is 9.72. The molecule has 0 radical (unpaired) electrons. The van der Waals surface area contributed by atoms with Crippen molar-refractivity contribution in [3.63, 3.8) is 0 Å². The second-order valence-corrected chi connectivity index (χ2v) is 4.55. The van der Waals surface area contributed by atoms with Crippen LogP contribution in [0.4, 0.5) is 0 Å². The largest absolute Gasteiger partial charge is 0.310 e. The van der Waals surface area contributed by atoms with E-state index in [4.69, 9.17) is 0 Å². The van der Waals surface area contributed by atoms with Gasteiger partial charge in [-0.2, -0.15) is 0 Å². The smallest absolute Gasteiger partial charge is 0.0207 e. The minimum atomic E-state index is 0.568. The molecule has 14 heavy (non-hydrogen) atoms. The summed E-state index contributed by atoms with van der Waals surface area (Å²) in [7, 11) is 0. The van der Waals surface area contributed by atoms with Crippen molar-refractivity contribution in [2.45, 2.75) is 45.2 Å². The van der Waals surface area contributed by atoms with Crippen LogP contribution in [0, 0.1) is 0 Å². The Labute approximate surface area is 86.5 Å². The Bertz CT molecular complexity index is 283. The Balaban J connectivity index is 1.92. The average Bonchev–Trinajstić information content (AvgIpc) is 2.99. The summed E-state index contributed by atoms with van der Waals surface area (Å²) in [4.78, 5) is 0. The highest BCUT2D eigenvalue weighted by Gasteiger charge is 2.22. The summed E-state index contributed by atoms with van der Waals surface area (Å²) in [5, 5.41) is 3.43. The molecule has 1 nitrogen and oxygen atoms in total. The molecule has 1 aliphatic rings. The third-order valence-corrected chi connectivity index (χ3v) is 2.74. The average molecular weight is 189 g/mol. The van der Waals surface area contributed by atoms with E-state index < -0.39 is 0 Å². The molecule has 1 heteroatoms. The van der Waals surface area contributed by atoms with Crippen LogP contribution in [-0.2, 0) is 6.54 Å². The molecule has 0 atom stereocenters. The normalized spacial score (nSPS) is 16.2. The lowest BCUT2D eigenvalue weighted by Gasteiger charge is -2.08. The maximum Gasteiger partial charge on any atom is 0.0207 e. The maximum absolute atomic E-state index is 3.43. The zero-order valence-electron chi connectivity index (χ0n) is 9.09. The van der Waals surface area contributed by atoms with Gasteiger partial charge in [-0.15, -0.1) is 0 Å². The fourth-order valence-corrected chi connectivity index (χ4v) is 1.65. The highest BCUT2D eigenvalue weighted by Crippen LogP contribution is 2.39. The van der Waals surface area contributed by atoms with Gasteiger partial charge in [0.05, 0.1) is 0 Å². The minimum absolute atomic E-state index is 0.568. The Hall–Kier alpha value is -0.820. The van der Waals surface area contributed by atoms with E-state index in [-0.39, 0.29) is 0 Å². The molecule has 1 aromatic rings. The van der Waals surface area contributed by atoms with Crippen molar-refractivity contribution in [2.24, 2.45) is 0 Å². The van der Waals surface area contributed by atoms with E-state index in [1.54, 1.807) is 0 Å². The highest BCUT2D eigenvalue weighted by atomic mass is 14.9. The van der Waals surface area contributed by atoms with Gasteiger partial charge in [-0.3, -0.25) is 0 Å². The Morgan fingerprint density at radius 3 is 2.36 bits per heavy atom. The van der Waals surface area contributed by atoms with Gasteiger partial charge in [-0.05, 0) is 29.9 Å². The van der Waals surface area contributed by atoms with Crippen molar-refractivity contribution < 1.29 is 0 Å². The zero-order chi connectivity index (χ0) is 9.97. The lowest BCUT2D eigenvalue weighted by atomic mass is 10.1. The Kier molecular flexibility index (Phi) is 2.87. The van der Waals surface area contributed by atoms with Crippen LogP contribution in [0.25, 0.3) is 0 Å². The number of hydrogen-bond acceptors (Lipinski definition) is 1. The van der Waals surface area contributed by atoms with Crippen LogP contribution in [0.2, 0.25) is 0 Å². The van der Waals surface area contributed by atoms with Gasteiger partial charge in [0.25, 0.3) is 0 Å². The summed E-state index contributed by atoms with van der Waals surface area (Å²) < 4.78 is 0. The molecule has 0 heterocycles. The topological polar surface area (TPSA) is 12.0 Å². The van der Waals surface area contributed by atoms with Crippen LogP contribution in [0.1, 0.15) is 43.7 Å². The molecule has 1 aliphatic carbocycles. The number of hydrogen-bond donors (Lipinski definition) is 1. The third kappa shape index (κ3) is 2.58. The molecule has 0 spiro atoms. The van der Waals surface area contributed by atoms with Gasteiger partial charge in [0.1, 0.15) is 0 Å². The third-order valence-electron chi connectivity index (χ3n) is 2.74. The minimum Gasteiger partial charge on any atom is -0.310 e. The van der Waals surface area contributed by atoms with Crippen LogP contribution in [0.3, 0.4) is 0 Å². The van der Waals surface area contributed by atoms with E-state index in [0.717, 1.165) is 12.5 Å². The number of rotatable bonds is 4. The standard InChI is InChI=1S/C13H19N/c1-10(2)14-9-11-3-5-12(6-4-11)13-7-8-13/h3-6,10,13-14H,7-9H2,1-2H3. The molecule has 0 amide bonds. The summed E-state index contributed by atoms with van der Waals surface area (Å²) in [5.41, 5.74) is 2.92. The fraction of sp³-hybridized carbons (Fsp3) is 0.538. The molecule has 0 saturated heterocycles. The van der Waals surface area contributed by atoms with E-state index >= 15 is 0 Å². The molecule has 0 unspecified atom stereocenters. The molecule has 1 N–H and O–H groups in total. The van der Waals surface area contributed by atoms with Crippen LogP contribution in [0.5, 0.6) is 0 Å². The summed E-state index contributed by atoms with van der Waals surface area (Å²) in [6, 6.07) is 9.65. The van der Waals surface area contributed by atoms with Crippen LogP contribution < -0.4 is 5.32 Å². The maximum atomic E-state index is 3.43. The van der Waals surface area contributed by atoms with E-state index in [1.807, 2.05) is 0 Å². The molecular formula is C13H19N. The van der Waals surface area contributed by atoms with Gasteiger partial charge in [-0.25, -0.2) is 0 Å². The second kappa shape index (κ2) is 4.14. The molecule has 1 saturated carbocycles. The first-order valence-electron chi connectivity index (χ1n) is 5.58. The molecule has 0 aliphatic heterocycles. The van der Waals surface area contributed by atoms with Crippen molar-refractivity contribution in [2.75, 3.05) is 0 Å². The van der Waals surface area contributed by atoms with E-state index in [1.165, 1.54) is 24.0 Å². The number of nitrogens with one attached hydrogen (secondary N) is 1. The SMILES string of the molecule is CC(C)NCc1ccc(C2CC2)cc1. The quantitative estimate of drug-likeness (QED) is 0.767.